The average molecular weight is 392 g/mol. The maximum Gasteiger partial charge on any atom is 0.247 e. The van der Waals surface area contributed by atoms with Crippen LogP contribution in [0.25, 0.3) is 11.5 Å². The zero-order chi connectivity index (χ0) is 20.1. The fourth-order valence-corrected chi connectivity index (χ4v) is 2.77. The van der Waals surface area contributed by atoms with Gasteiger partial charge in [0.1, 0.15) is 0 Å². The number of amides is 1. The van der Waals surface area contributed by atoms with Crippen molar-refractivity contribution in [2.75, 3.05) is 6.61 Å². The Morgan fingerprint density at radius 1 is 1.17 bits per heavy atom. The van der Waals surface area contributed by atoms with Crippen molar-refractivity contribution in [3.63, 3.8) is 0 Å². The van der Waals surface area contributed by atoms with Gasteiger partial charge in [0.05, 0.1) is 6.61 Å². The van der Waals surface area contributed by atoms with Crippen LogP contribution in [-0.2, 0) is 17.8 Å². The quantitative estimate of drug-likeness (QED) is 0.600. The topological polar surface area (TPSA) is 90.1 Å². The van der Waals surface area contributed by atoms with Gasteiger partial charge in [-0.3, -0.25) is 4.79 Å². The first-order chi connectivity index (χ1) is 14.2. The molecule has 1 amide bonds. The summed E-state index contributed by atoms with van der Waals surface area (Å²) in [7, 11) is 0. The molecule has 1 N–H and O–H groups in total. The van der Waals surface area contributed by atoms with E-state index in [1.165, 1.54) is 18.4 Å². The van der Waals surface area contributed by atoms with Gasteiger partial charge in [-0.2, -0.15) is 0 Å². The summed E-state index contributed by atoms with van der Waals surface area (Å²) in [5, 5.41) is 11.0. The number of carbonyl (C=O) groups is 1. The fraction of sp³-hybridized carbons (Fsp3) is 0.364. The molecule has 7 heteroatoms. The van der Waals surface area contributed by atoms with E-state index in [9.17, 15) is 4.79 Å². The van der Waals surface area contributed by atoms with E-state index in [-0.39, 0.29) is 12.3 Å². The van der Waals surface area contributed by atoms with E-state index >= 15 is 0 Å². The molecule has 0 bridgehead atoms. The lowest BCUT2D eigenvalue weighted by atomic mass is 10.1. The molecule has 1 aliphatic rings. The highest BCUT2D eigenvalue weighted by Crippen LogP contribution is 2.29. The summed E-state index contributed by atoms with van der Waals surface area (Å²) in [5.74, 6) is 2.18. The summed E-state index contributed by atoms with van der Waals surface area (Å²) >= 11 is 0. The van der Waals surface area contributed by atoms with Gasteiger partial charge in [0, 0.05) is 37.2 Å². The Morgan fingerprint density at radius 3 is 2.72 bits per heavy atom. The maximum atomic E-state index is 12.1. The van der Waals surface area contributed by atoms with Crippen molar-refractivity contribution in [2.24, 2.45) is 5.92 Å². The van der Waals surface area contributed by atoms with Crippen LogP contribution in [0.3, 0.4) is 0 Å². The van der Waals surface area contributed by atoms with Crippen LogP contribution in [0.5, 0.6) is 5.88 Å². The number of pyridine rings is 1. The highest BCUT2D eigenvalue weighted by molar-refractivity contribution is 5.76. The zero-order valence-electron chi connectivity index (χ0n) is 16.4. The molecule has 7 nitrogen and oxygen atoms in total. The summed E-state index contributed by atoms with van der Waals surface area (Å²) < 4.78 is 11.3. The van der Waals surface area contributed by atoms with Crippen molar-refractivity contribution < 1.29 is 13.9 Å². The third-order valence-corrected chi connectivity index (χ3v) is 4.78. The Balaban J connectivity index is 1.20. The maximum absolute atomic E-state index is 12.1. The molecule has 1 fully saturated rings. The van der Waals surface area contributed by atoms with Crippen LogP contribution >= 0.6 is 0 Å². The summed E-state index contributed by atoms with van der Waals surface area (Å²) in [6.07, 6.45) is 4.92. The number of benzene rings is 1. The van der Waals surface area contributed by atoms with Gasteiger partial charge in [-0.25, -0.2) is 4.98 Å². The highest BCUT2D eigenvalue weighted by atomic mass is 16.5. The Hall–Kier alpha value is -3.22. The molecule has 0 atom stereocenters. The van der Waals surface area contributed by atoms with Gasteiger partial charge in [0.2, 0.25) is 23.6 Å². The number of carbonyl (C=O) groups excluding carboxylic acids is 1. The Bertz CT molecular complexity index is 947. The molecule has 2 heterocycles. The first-order valence-corrected chi connectivity index (χ1v) is 9.89. The van der Waals surface area contributed by atoms with Gasteiger partial charge >= 0.3 is 0 Å². The molecular formula is C22H24N4O3. The second kappa shape index (κ2) is 8.86. The highest BCUT2D eigenvalue weighted by Gasteiger charge is 2.22. The smallest absolute Gasteiger partial charge is 0.247 e. The molecule has 0 spiro atoms. The zero-order valence-corrected chi connectivity index (χ0v) is 16.4. The van der Waals surface area contributed by atoms with Crippen molar-refractivity contribution in [3.05, 3.63) is 59.6 Å². The number of rotatable bonds is 9. The van der Waals surface area contributed by atoms with Crippen molar-refractivity contribution in [3.8, 4) is 17.3 Å². The predicted octanol–water partition coefficient (Wildman–Crippen LogP) is 3.48. The van der Waals surface area contributed by atoms with Gasteiger partial charge in [0.25, 0.3) is 0 Å². The van der Waals surface area contributed by atoms with Crippen molar-refractivity contribution >= 4 is 5.91 Å². The van der Waals surface area contributed by atoms with Crippen LogP contribution in [-0.4, -0.2) is 27.7 Å². The lowest BCUT2D eigenvalue weighted by molar-refractivity contribution is -0.121. The lowest BCUT2D eigenvalue weighted by Gasteiger charge is -2.06. The molecule has 0 saturated heterocycles. The molecule has 0 aliphatic heterocycles. The van der Waals surface area contributed by atoms with E-state index in [1.54, 1.807) is 6.20 Å². The van der Waals surface area contributed by atoms with Crippen LogP contribution in [0.2, 0.25) is 0 Å². The standard InChI is InChI=1S/C22H24N4O3/c1-15-2-7-18(8-3-15)22-26-25-21(29-22)11-9-19(27)23-12-17-6-10-20(24-13-17)28-14-16-4-5-16/h2-3,6-8,10,13,16H,4-5,9,11-12,14H2,1H3,(H,23,27). The first-order valence-electron chi connectivity index (χ1n) is 9.89. The van der Waals surface area contributed by atoms with Crippen LogP contribution in [0.15, 0.2) is 47.0 Å². The van der Waals surface area contributed by atoms with E-state index in [0.717, 1.165) is 17.7 Å². The van der Waals surface area contributed by atoms with Crippen LogP contribution in [0, 0.1) is 12.8 Å². The Kier molecular flexibility index (Phi) is 5.84. The minimum absolute atomic E-state index is 0.0749. The molecule has 1 aliphatic carbocycles. The summed E-state index contributed by atoms with van der Waals surface area (Å²) in [6.45, 7) is 3.19. The lowest BCUT2D eigenvalue weighted by Crippen LogP contribution is -2.23. The molecular weight excluding hydrogens is 368 g/mol. The van der Waals surface area contributed by atoms with Gasteiger partial charge in [-0.05, 0) is 43.4 Å². The normalized spacial score (nSPS) is 13.3. The number of nitrogens with zero attached hydrogens (tertiary/aromatic N) is 3. The molecule has 3 aromatic rings. The van der Waals surface area contributed by atoms with E-state index in [0.29, 0.717) is 36.5 Å². The molecule has 0 unspecified atom stereocenters. The third-order valence-electron chi connectivity index (χ3n) is 4.78. The molecule has 150 valence electrons. The molecule has 1 aromatic carbocycles. The molecule has 0 radical (unpaired) electrons. The van der Waals surface area contributed by atoms with Crippen molar-refractivity contribution in [1.29, 1.82) is 0 Å². The second-order valence-electron chi connectivity index (χ2n) is 7.40. The van der Waals surface area contributed by atoms with E-state index in [1.807, 2.05) is 43.3 Å². The van der Waals surface area contributed by atoms with Gasteiger partial charge in [-0.1, -0.05) is 23.8 Å². The second-order valence-corrected chi connectivity index (χ2v) is 7.40. The number of nitrogens with one attached hydrogen (secondary N) is 1. The van der Waals surface area contributed by atoms with Gasteiger partial charge in [0.15, 0.2) is 0 Å². The SMILES string of the molecule is Cc1ccc(-c2nnc(CCC(=O)NCc3ccc(OCC4CC4)nc3)o2)cc1. The average Bonchev–Trinajstić information content (AvgIpc) is 3.46. The Morgan fingerprint density at radius 2 is 2.00 bits per heavy atom. The van der Waals surface area contributed by atoms with Gasteiger partial charge < -0.3 is 14.5 Å². The number of hydrogen-bond acceptors (Lipinski definition) is 6. The number of hydrogen-bond donors (Lipinski definition) is 1. The van der Waals surface area contributed by atoms with Crippen LogP contribution < -0.4 is 10.1 Å². The largest absolute Gasteiger partial charge is 0.477 e. The van der Waals surface area contributed by atoms with Crippen LogP contribution in [0.4, 0.5) is 0 Å². The number of ether oxygens (including phenoxy) is 1. The van der Waals surface area contributed by atoms with Crippen molar-refractivity contribution in [2.45, 2.75) is 39.2 Å². The predicted molar refractivity (Wildman–Crippen MR) is 107 cm³/mol. The van der Waals surface area contributed by atoms with E-state index < -0.39 is 0 Å². The fourth-order valence-electron chi connectivity index (χ4n) is 2.77. The Labute approximate surface area is 169 Å². The van der Waals surface area contributed by atoms with E-state index in [4.69, 9.17) is 9.15 Å². The molecule has 2 aromatic heterocycles. The third kappa shape index (κ3) is 5.63. The number of aromatic nitrogens is 3. The summed E-state index contributed by atoms with van der Waals surface area (Å²) in [4.78, 5) is 16.4. The monoisotopic (exact) mass is 392 g/mol. The molecule has 29 heavy (non-hydrogen) atoms. The van der Waals surface area contributed by atoms with E-state index in [2.05, 4.69) is 20.5 Å². The summed E-state index contributed by atoms with van der Waals surface area (Å²) in [5.41, 5.74) is 2.97. The minimum atomic E-state index is -0.0749. The molecule has 4 rings (SSSR count). The minimum Gasteiger partial charge on any atom is -0.477 e. The summed E-state index contributed by atoms with van der Waals surface area (Å²) in [6, 6.07) is 11.6. The first kappa shape index (κ1) is 19.1. The number of aryl methyl sites for hydroxylation is 2. The van der Waals surface area contributed by atoms with Crippen molar-refractivity contribution in [1.82, 2.24) is 20.5 Å². The van der Waals surface area contributed by atoms with Gasteiger partial charge in [-0.15, -0.1) is 10.2 Å². The van der Waals surface area contributed by atoms with Crippen LogP contribution in [0.1, 0.15) is 36.3 Å². The molecule has 1 saturated carbocycles.